The average molecular weight is 360 g/mol. The van der Waals surface area contributed by atoms with E-state index in [9.17, 15) is 10.2 Å². The molecule has 0 unspecified atom stereocenters. The predicted molar refractivity (Wildman–Crippen MR) is 109 cm³/mol. The van der Waals surface area contributed by atoms with Gasteiger partial charge in [0.1, 0.15) is 0 Å². The summed E-state index contributed by atoms with van der Waals surface area (Å²) in [6.07, 6.45) is 13.2. The molecule has 2 fully saturated rings. The second kappa shape index (κ2) is 10.9. The number of hydrogen-bond donors (Lipinski definition) is 3. The maximum atomic E-state index is 10.5. The molecule has 146 valence electrons. The summed E-state index contributed by atoms with van der Waals surface area (Å²) in [7, 11) is 2.00. The quantitative estimate of drug-likeness (QED) is 0.334. The number of hydrogen-bond acceptors (Lipinski definition) is 3. The minimum Gasteiger partial charge on any atom is -0.392 e. The van der Waals surface area contributed by atoms with Crippen LogP contribution in [0.2, 0.25) is 0 Å². The molecular formula is C23H37NO2. The van der Waals surface area contributed by atoms with Crippen molar-refractivity contribution < 1.29 is 10.2 Å². The first-order valence-corrected chi connectivity index (χ1v) is 10.3. The Labute approximate surface area is 160 Å². The molecule has 0 saturated heterocycles. The van der Waals surface area contributed by atoms with Crippen LogP contribution in [0, 0.1) is 35.5 Å². The lowest BCUT2D eigenvalue weighted by Crippen LogP contribution is -2.19. The molecule has 2 saturated carbocycles. The summed E-state index contributed by atoms with van der Waals surface area (Å²) in [6.45, 7) is 4.95. The highest BCUT2D eigenvalue weighted by atomic mass is 16.3. The van der Waals surface area contributed by atoms with Crippen LogP contribution in [0.1, 0.15) is 58.8 Å². The van der Waals surface area contributed by atoms with Gasteiger partial charge in [-0.1, -0.05) is 30.7 Å². The van der Waals surface area contributed by atoms with Crippen molar-refractivity contribution in [2.24, 2.45) is 23.7 Å². The molecule has 0 aromatic rings. The van der Waals surface area contributed by atoms with E-state index in [2.05, 4.69) is 29.3 Å². The third kappa shape index (κ3) is 5.98. The van der Waals surface area contributed by atoms with Crippen LogP contribution in [0.15, 0.2) is 23.8 Å². The van der Waals surface area contributed by atoms with Gasteiger partial charge in [-0.3, -0.25) is 0 Å². The highest BCUT2D eigenvalue weighted by molar-refractivity contribution is 5.18. The van der Waals surface area contributed by atoms with E-state index in [0.717, 1.165) is 25.8 Å². The molecule has 0 amide bonds. The topological polar surface area (TPSA) is 52.5 Å². The first-order chi connectivity index (χ1) is 12.6. The molecule has 0 radical (unpaired) electrons. The Morgan fingerprint density at radius 1 is 1.31 bits per heavy atom. The first kappa shape index (κ1) is 21.2. The van der Waals surface area contributed by atoms with E-state index in [4.69, 9.17) is 0 Å². The zero-order chi connectivity index (χ0) is 18.9. The number of rotatable bonds is 9. The van der Waals surface area contributed by atoms with E-state index in [0.29, 0.717) is 18.3 Å². The fraction of sp³-hybridized carbons (Fsp3) is 0.739. The highest BCUT2D eigenvalue weighted by Crippen LogP contribution is 2.50. The van der Waals surface area contributed by atoms with Gasteiger partial charge in [-0.05, 0) is 76.8 Å². The van der Waals surface area contributed by atoms with Gasteiger partial charge in [0, 0.05) is 12.3 Å². The van der Waals surface area contributed by atoms with E-state index in [-0.39, 0.29) is 17.9 Å². The van der Waals surface area contributed by atoms with Gasteiger partial charge >= 0.3 is 0 Å². The van der Waals surface area contributed by atoms with E-state index in [1.54, 1.807) is 5.57 Å². The zero-order valence-corrected chi connectivity index (χ0v) is 16.7. The molecule has 6 atom stereocenters. The van der Waals surface area contributed by atoms with Crippen molar-refractivity contribution in [1.82, 2.24) is 5.32 Å². The van der Waals surface area contributed by atoms with Crippen molar-refractivity contribution in [1.29, 1.82) is 0 Å². The van der Waals surface area contributed by atoms with Crippen molar-refractivity contribution in [2.45, 2.75) is 71.0 Å². The second-order valence-electron chi connectivity index (χ2n) is 8.16. The van der Waals surface area contributed by atoms with Crippen molar-refractivity contribution in [3.05, 3.63) is 23.8 Å². The van der Waals surface area contributed by atoms with Crippen LogP contribution >= 0.6 is 0 Å². The SMILES string of the molecule is CC#CC[C@H](C)[C@H](O)/C=C/[C@@H]1[C@H]2C/C(=C/CCCCNC)C[C@H]2C[C@H]1O. The van der Waals surface area contributed by atoms with E-state index in [1.807, 2.05) is 27.0 Å². The number of aliphatic hydroxyl groups is 2. The number of fused-ring (bicyclic) bond motifs is 1. The molecule has 2 aliphatic carbocycles. The molecule has 3 nitrogen and oxygen atoms in total. The lowest BCUT2D eigenvalue weighted by atomic mass is 9.89. The van der Waals surface area contributed by atoms with Gasteiger partial charge in [-0.2, -0.15) is 0 Å². The predicted octanol–water partition coefficient (Wildman–Crippen LogP) is 3.68. The number of nitrogens with one attached hydrogen (secondary N) is 1. The van der Waals surface area contributed by atoms with Crippen LogP contribution in [0.5, 0.6) is 0 Å². The fourth-order valence-corrected chi connectivity index (χ4v) is 4.51. The number of allylic oxidation sites excluding steroid dienone is 2. The number of unbranched alkanes of at least 4 members (excludes halogenated alkanes) is 2. The summed E-state index contributed by atoms with van der Waals surface area (Å²) >= 11 is 0. The molecule has 2 rings (SSSR count). The standard InChI is InChI=1S/C23H37NO2/c1-4-5-9-17(2)22(25)12-11-20-21-15-18(10-7-6-8-13-24-3)14-19(21)16-23(20)26/h10-12,17,19-26H,6-9,13-16H2,1-3H3/b12-11+,18-10+/t17-,19-,20+,21-,22+,23+/m0/s1. The lowest BCUT2D eigenvalue weighted by Gasteiger charge is -2.19. The van der Waals surface area contributed by atoms with E-state index in [1.165, 1.54) is 19.3 Å². The summed E-state index contributed by atoms with van der Waals surface area (Å²) in [5.74, 6) is 7.40. The summed E-state index contributed by atoms with van der Waals surface area (Å²) in [6, 6.07) is 0. The van der Waals surface area contributed by atoms with Gasteiger partial charge in [0.05, 0.1) is 12.2 Å². The smallest absolute Gasteiger partial charge is 0.0755 e. The Hall–Kier alpha value is -1.08. The Morgan fingerprint density at radius 3 is 2.85 bits per heavy atom. The molecule has 0 aromatic heterocycles. The van der Waals surface area contributed by atoms with Crippen molar-refractivity contribution in [3.8, 4) is 11.8 Å². The molecule has 0 spiro atoms. The Bertz CT molecular complexity index is 542. The largest absolute Gasteiger partial charge is 0.392 e. The molecule has 3 N–H and O–H groups in total. The lowest BCUT2D eigenvalue weighted by molar-refractivity contribution is 0.137. The molecule has 0 heterocycles. The number of aliphatic hydroxyl groups excluding tert-OH is 2. The Morgan fingerprint density at radius 2 is 2.12 bits per heavy atom. The van der Waals surface area contributed by atoms with Gasteiger partial charge < -0.3 is 15.5 Å². The highest BCUT2D eigenvalue weighted by Gasteiger charge is 2.44. The molecule has 0 aromatic carbocycles. The van der Waals surface area contributed by atoms with Crippen LogP contribution in [0.4, 0.5) is 0 Å². The van der Waals surface area contributed by atoms with Crippen LogP contribution in [0.3, 0.4) is 0 Å². The Kier molecular flexibility index (Phi) is 8.91. The molecule has 3 heteroatoms. The molecule has 26 heavy (non-hydrogen) atoms. The molecule has 0 bridgehead atoms. The zero-order valence-electron chi connectivity index (χ0n) is 16.7. The normalized spacial score (nSPS) is 31.8. The summed E-state index contributed by atoms with van der Waals surface area (Å²) < 4.78 is 0. The minimum atomic E-state index is -0.481. The summed E-state index contributed by atoms with van der Waals surface area (Å²) in [5.41, 5.74) is 1.59. The van der Waals surface area contributed by atoms with E-state index >= 15 is 0 Å². The second-order valence-corrected chi connectivity index (χ2v) is 8.16. The molecule has 0 aliphatic heterocycles. The molecular weight excluding hydrogens is 322 g/mol. The fourth-order valence-electron chi connectivity index (χ4n) is 4.51. The van der Waals surface area contributed by atoms with Crippen LogP contribution in [0.25, 0.3) is 0 Å². The summed E-state index contributed by atoms with van der Waals surface area (Å²) in [5, 5.41) is 24.0. The van der Waals surface area contributed by atoms with Gasteiger partial charge in [-0.15, -0.1) is 11.8 Å². The molecule has 2 aliphatic rings. The monoisotopic (exact) mass is 359 g/mol. The van der Waals surface area contributed by atoms with Crippen LogP contribution in [-0.2, 0) is 0 Å². The van der Waals surface area contributed by atoms with Crippen molar-refractivity contribution in [2.75, 3.05) is 13.6 Å². The van der Waals surface area contributed by atoms with Gasteiger partial charge in [0.15, 0.2) is 0 Å². The van der Waals surface area contributed by atoms with Gasteiger partial charge in [0.25, 0.3) is 0 Å². The van der Waals surface area contributed by atoms with Crippen molar-refractivity contribution >= 4 is 0 Å². The third-order valence-electron chi connectivity index (χ3n) is 6.14. The van der Waals surface area contributed by atoms with Gasteiger partial charge in [0.2, 0.25) is 0 Å². The van der Waals surface area contributed by atoms with Crippen LogP contribution < -0.4 is 5.32 Å². The maximum Gasteiger partial charge on any atom is 0.0755 e. The summed E-state index contributed by atoms with van der Waals surface area (Å²) in [4.78, 5) is 0. The van der Waals surface area contributed by atoms with Crippen LogP contribution in [-0.4, -0.2) is 36.0 Å². The maximum absolute atomic E-state index is 10.5. The third-order valence-corrected chi connectivity index (χ3v) is 6.14. The average Bonchev–Trinajstić information content (AvgIpc) is 3.13. The van der Waals surface area contributed by atoms with Gasteiger partial charge in [-0.25, -0.2) is 0 Å². The van der Waals surface area contributed by atoms with Crippen molar-refractivity contribution in [3.63, 3.8) is 0 Å². The van der Waals surface area contributed by atoms with E-state index < -0.39 is 6.10 Å². The Balaban J connectivity index is 1.87. The first-order valence-electron chi connectivity index (χ1n) is 10.3. The minimum absolute atomic E-state index is 0.129.